The maximum absolute atomic E-state index is 12.9. The molecule has 7 nitrogen and oxygen atoms in total. The van der Waals surface area contributed by atoms with E-state index in [1.54, 1.807) is 4.90 Å². The molecule has 2 aliphatic heterocycles. The summed E-state index contributed by atoms with van der Waals surface area (Å²) in [6.45, 7) is 6.01. The smallest absolute Gasteiger partial charge is 0.338 e. The second-order valence-electron chi connectivity index (χ2n) is 8.43. The molecule has 2 heterocycles. The molecule has 30 heavy (non-hydrogen) atoms. The standard InChI is InChI=1S/C21H29ClN2O5S/c1-15-10-16(2)13-23(12-15)20(25)14-29-21(26)17-6-7-18(22)19(11-17)30(27,28)24-8-4-3-5-9-24/h6-7,11,15-16H,3-5,8-10,12-14H2,1-2H3. The van der Waals surface area contributed by atoms with Gasteiger partial charge in [-0.3, -0.25) is 4.79 Å². The van der Waals surface area contributed by atoms with Crippen molar-refractivity contribution in [1.82, 2.24) is 9.21 Å². The molecule has 2 saturated heterocycles. The van der Waals surface area contributed by atoms with E-state index < -0.39 is 16.0 Å². The number of likely N-dealkylation sites (tertiary alicyclic amines) is 1. The van der Waals surface area contributed by atoms with Crippen LogP contribution in [0.5, 0.6) is 0 Å². The van der Waals surface area contributed by atoms with Crippen LogP contribution in [0.3, 0.4) is 0 Å². The third-order valence-electron chi connectivity index (χ3n) is 5.65. The summed E-state index contributed by atoms with van der Waals surface area (Å²) in [4.78, 5) is 26.5. The molecule has 0 bridgehead atoms. The van der Waals surface area contributed by atoms with Gasteiger partial charge in [0.25, 0.3) is 5.91 Å². The second-order valence-corrected chi connectivity index (χ2v) is 10.7. The molecule has 0 N–H and O–H groups in total. The van der Waals surface area contributed by atoms with Crippen LogP contribution in [0.1, 0.15) is 49.9 Å². The third kappa shape index (κ3) is 5.34. The highest BCUT2D eigenvalue weighted by Crippen LogP contribution is 2.28. The lowest BCUT2D eigenvalue weighted by Gasteiger charge is -2.34. The Morgan fingerprint density at radius 2 is 1.73 bits per heavy atom. The molecular weight excluding hydrogens is 428 g/mol. The van der Waals surface area contributed by atoms with Crippen LogP contribution in [0.25, 0.3) is 0 Å². The van der Waals surface area contributed by atoms with Gasteiger partial charge >= 0.3 is 5.97 Å². The number of rotatable bonds is 5. The number of nitrogens with zero attached hydrogens (tertiary/aromatic N) is 2. The zero-order valence-electron chi connectivity index (χ0n) is 17.5. The Labute approximate surface area is 183 Å². The molecule has 2 atom stereocenters. The van der Waals surface area contributed by atoms with Crippen LogP contribution in [0.2, 0.25) is 5.02 Å². The van der Waals surface area contributed by atoms with Crippen LogP contribution in [-0.4, -0.2) is 62.3 Å². The molecule has 2 aliphatic rings. The van der Waals surface area contributed by atoms with Gasteiger partial charge in [0, 0.05) is 26.2 Å². The van der Waals surface area contributed by atoms with Crippen molar-refractivity contribution in [2.75, 3.05) is 32.8 Å². The largest absolute Gasteiger partial charge is 0.452 e. The quantitative estimate of drug-likeness (QED) is 0.635. The molecule has 0 aliphatic carbocycles. The van der Waals surface area contributed by atoms with Crippen molar-refractivity contribution >= 4 is 33.5 Å². The minimum atomic E-state index is -3.79. The number of carbonyl (C=O) groups excluding carboxylic acids is 2. The topological polar surface area (TPSA) is 84.0 Å². The van der Waals surface area contributed by atoms with Crippen LogP contribution in [0.4, 0.5) is 0 Å². The van der Waals surface area contributed by atoms with E-state index in [9.17, 15) is 18.0 Å². The molecule has 1 aromatic rings. The van der Waals surface area contributed by atoms with E-state index >= 15 is 0 Å². The zero-order chi connectivity index (χ0) is 21.9. The number of hydrogen-bond acceptors (Lipinski definition) is 5. The molecule has 9 heteroatoms. The van der Waals surface area contributed by atoms with Gasteiger partial charge in [-0.15, -0.1) is 0 Å². The van der Waals surface area contributed by atoms with E-state index in [1.165, 1.54) is 22.5 Å². The third-order valence-corrected chi connectivity index (χ3v) is 8.03. The van der Waals surface area contributed by atoms with Crippen molar-refractivity contribution in [3.8, 4) is 0 Å². The van der Waals surface area contributed by atoms with Crippen molar-refractivity contribution in [2.24, 2.45) is 11.8 Å². The normalized spacial score (nSPS) is 23.2. The number of piperidine rings is 2. The first-order chi connectivity index (χ1) is 14.2. The van der Waals surface area contributed by atoms with E-state index in [1.807, 2.05) is 0 Å². The Kier molecular flexibility index (Phi) is 7.42. The molecule has 0 spiro atoms. The maximum atomic E-state index is 12.9. The van der Waals surface area contributed by atoms with Crippen LogP contribution >= 0.6 is 11.6 Å². The molecule has 2 fully saturated rings. The number of carbonyl (C=O) groups is 2. The molecule has 0 saturated carbocycles. The highest BCUT2D eigenvalue weighted by atomic mass is 35.5. The number of benzene rings is 1. The van der Waals surface area contributed by atoms with E-state index in [0.717, 1.165) is 25.7 Å². The van der Waals surface area contributed by atoms with Crippen LogP contribution in [-0.2, 0) is 19.6 Å². The van der Waals surface area contributed by atoms with Crippen LogP contribution in [0, 0.1) is 11.8 Å². The fourth-order valence-corrected chi connectivity index (χ4v) is 6.26. The van der Waals surface area contributed by atoms with Crippen LogP contribution in [0.15, 0.2) is 23.1 Å². The summed E-state index contributed by atoms with van der Waals surface area (Å²) >= 11 is 6.14. The van der Waals surface area contributed by atoms with Gasteiger partial charge in [-0.2, -0.15) is 4.31 Å². The van der Waals surface area contributed by atoms with Crippen molar-refractivity contribution in [3.63, 3.8) is 0 Å². The van der Waals surface area contributed by atoms with Crippen molar-refractivity contribution in [1.29, 1.82) is 0 Å². The predicted octanol–water partition coefficient (Wildman–Crippen LogP) is 3.18. The summed E-state index contributed by atoms with van der Waals surface area (Å²) in [5, 5.41) is 0.0597. The number of esters is 1. The summed E-state index contributed by atoms with van der Waals surface area (Å²) in [6.07, 6.45) is 3.67. The Balaban J connectivity index is 1.68. The summed E-state index contributed by atoms with van der Waals surface area (Å²) < 4.78 is 32.5. The lowest BCUT2D eigenvalue weighted by Crippen LogP contribution is -2.44. The molecule has 3 rings (SSSR count). The summed E-state index contributed by atoms with van der Waals surface area (Å²) in [6, 6.07) is 4.03. The molecule has 2 unspecified atom stereocenters. The second kappa shape index (κ2) is 9.66. The predicted molar refractivity (Wildman–Crippen MR) is 114 cm³/mol. The molecule has 0 radical (unpaired) electrons. The summed E-state index contributed by atoms with van der Waals surface area (Å²) in [5.74, 6) is -0.162. The van der Waals surface area contributed by atoms with E-state index in [0.29, 0.717) is 38.0 Å². The van der Waals surface area contributed by atoms with Gasteiger partial charge in [0.15, 0.2) is 6.61 Å². The first kappa shape index (κ1) is 23.0. The lowest BCUT2D eigenvalue weighted by molar-refractivity contribution is -0.137. The van der Waals surface area contributed by atoms with Gasteiger partial charge in [-0.25, -0.2) is 13.2 Å². The number of sulfonamides is 1. The SMILES string of the molecule is CC1CC(C)CN(C(=O)COC(=O)c2ccc(Cl)c(S(=O)(=O)N3CCCCC3)c2)C1. The highest BCUT2D eigenvalue weighted by Gasteiger charge is 2.30. The average Bonchev–Trinajstić information content (AvgIpc) is 2.71. The Hall–Kier alpha value is -1.64. The lowest BCUT2D eigenvalue weighted by atomic mass is 9.92. The molecule has 0 aromatic heterocycles. The molecule has 1 aromatic carbocycles. The molecular formula is C21H29ClN2O5S. The van der Waals surface area contributed by atoms with Gasteiger partial charge < -0.3 is 9.64 Å². The minimum absolute atomic E-state index is 0.0585. The summed E-state index contributed by atoms with van der Waals surface area (Å²) in [5.41, 5.74) is 0.0585. The monoisotopic (exact) mass is 456 g/mol. The molecule has 1 amide bonds. The molecule has 166 valence electrons. The van der Waals surface area contributed by atoms with Gasteiger partial charge in [-0.1, -0.05) is 31.9 Å². The fourth-order valence-electron chi connectivity index (χ4n) is 4.24. The average molecular weight is 457 g/mol. The zero-order valence-corrected chi connectivity index (χ0v) is 19.0. The first-order valence-corrected chi connectivity index (χ1v) is 12.2. The van der Waals surface area contributed by atoms with E-state index in [2.05, 4.69) is 13.8 Å². The van der Waals surface area contributed by atoms with E-state index in [-0.39, 0.29) is 28.0 Å². The van der Waals surface area contributed by atoms with Crippen molar-refractivity contribution in [3.05, 3.63) is 28.8 Å². The first-order valence-electron chi connectivity index (χ1n) is 10.4. The van der Waals surface area contributed by atoms with Gasteiger partial charge in [-0.05, 0) is 49.3 Å². The number of hydrogen-bond donors (Lipinski definition) is 0. The van der Waals surface area contributed by atoms with Crippen molar-refractivity contribution < 1.29 is 22.7 Å². The Morgan fingerprint density at radius 1 is 1.10 bits per heavy atom. The summed E-state index contributed by atoms with van der Waals surface area (Å²) in [7, 11) is -3.79. The fraction of sp³-hybridized carbons (Fsp3) is 0.619. The van der Waals surface area contributed by atoms with E-state index in [4.69, 9.17) is 16.3 Å². The number of amides is 1. The minimum Gasteiger partial charge on any atom is -0.452 e. The Bertz CT molecular complexity index is 889. The van der Waals surface area contributed by atoms with Gasteiger partial charge in [0.2, 0.25) is 10.0 Å². The van der Waals surface area contributed by atoms with Gasteiger partial charge in [0.1, 0.15) is 4.90 Å². The Morgan fingerprint density at radius 3 is 2.37 bits per heavy atom. The maximum Gasteiger partial charge on any atom is 0.338 e. The highest BCUT2D eigenvalue weighted by molar-refractivity contribution is 7.89. The number of halogens is 1. The van der Waals surface area contributed by atoms with Crippen molar-refractivity contribution in [2.45, 2.75) is 44.4 Å². The van der Waals surface area contributed by atoms with Crippen LogP contribution < -0.4 is 0 Å². The number of ether oxygens (including phenoxy) is 1. The van der Waals surface area contributed by atoms with Gasteiger partial charge in [0.05, 0.1) is 10.6 Å².